The summed E-state index contributed by atoms with van der Waals surface area (Å²) in [7, 11) is 0. The van der Waals surface area contributed by atoms with Gasteiger partial charge < -0.3 is 4.74 Å². The summed E-state index contributed by atoms with van der Waals surface area (Å²) in [6, 6.07) is 5.72. The van der Waals surface area contributed by atoms with Gasteiger partial charge in [-0.3, -0.25) is 4.79 Å². The van der Waals surface area contributed by atoms with E-state index in [1.165, 1.54) is 6.92 Å². The van der Waals surface area contributed by atoms with E-state index in [4.69, 9.17) is 4.74 Å². The summed E-state index contributed by atoms with van der Waals surface area (Å²) in [6.07, 6.45) is 3.84. The maximum atomic E-state index is 10.8. The van der Waals surface area contributed by atoms with Crippen LogP contribution in [-0.2, 0) is 4.79 Å². The number of allylic oxidation sites excluding steroid dienone is 1. The zero-order valence-electron chi connectivity index (χ0n) is 8.70. The lowest BCUT2D eigenvalue weighted by atomic mass is 10.1. The van der Waals surface area contributed by atoms with Crippen molar-refractivity contribution in [3.63, 3.8) is 0 Å². The van der Waals surface area contributed by atoms with Crippen LogP contribution in [0.5, 0.6) is 5.75 Å². The Morgan fingerprint density at radius 1 is 1.43 bits per heavy atom. The number of hydrogen-bond acceptors (Lipinski definition) is 2. The van der Waals surface area contributed by atoms with Crippen molar-refractivity contribution in [3.8, 4) is 5.75 Å². The number of hydrogen-bond donors (Lipinski definition) is 0. The van der Waals surface area contributed by atoms with Gasteiger partial charge in [0, 0.05) is 12.5 Å². The van der Waals surface area contributed by atoms with E-state index in [2.05, 4.69) is 0 Å². The Kier molecular flexibility index (Phi) is 3.46. The smallest absolute Gasteiger partial charge is 0.308 e. The molecule has 0 aliphatic rings. The minimum absolute atomic E-state index is 0.292. The van der Waals surface area contributed by atoms with E-state index < -0.39 is 0 Å². The molecule has 1 aromatic rings. The first-order valence-corrected chi connectivity index (χ1v) is 4.55. The molecule has 0 saturated heterocycles. The molecule has 0 fully saturated rings. The Bertz CT molecular complexity index is 365. The third-order valence-corrected chi connectivity index (χ3v) is 1.77. The second-order valence-corrected chi connectivity index (χ2v) is 3.13. The van der Waals surface area contributed by atoms with Crippen molar-refractivity contribution in [1.82, 2.24) is 0 Å². The number of carbonyl (C=O) groups is 1. The highest BCUT2D eigenvalue weighted by Crippen LogP contribution is 2.21. The predicted octanol–water partition coefficient (Wildman–Crippen LogP) is 2.95. The van der Waals surface area contributed by atoms with Crippen LogP contribution in [0.3, 0.4) is 0 Å². The number of esters is 1. The molecule has 74 valence electrons. The first-order chi connectivity index (χ1) is 6.63. The number of rotatable bonds is 2. The van der Waals surface area contributed by atoms with E-state index in [-0.39, 0.29) is 5.97 Å². The molecule has 0 N–H and O–H groups in total. The molecule has 0 aliphatic carbocycles. The summed E-state index contributed by atoms with van der Waals surface area (Å²) in [5.74, 6) is 0.320. The quantitative estimate of drug-likeness (QED) is 0.529. The van der Waals surface area contributed by atoms with Crippen molar-refractivity contribution < 1.29 is 9.53 Å². The molecule has 0 spiro atoms. The van der Waals surface area contributed by atoms with Gasteiger partial charge in [0.15, 0.2) is 0 Å². The van der Waals surface area contributed by atoms with E-state index in [0.29, 0.717) is 5.75 Å². The monoisotopic (exact) mass is 190 g/mol. The van der Waals surface area contributed by atoms with Gasteiger partial charge in [0.25, 0.3) is 0 Å². The molecule has 0 radical (unpaired) electrons. The normalized spacial score (nSPS) is 10.5. The molecule has 2 heteroatoms. The number of aryl methyl sites for hydroxylation is 1. The van der Waals surface area contributed by atoms with Crippen LogP contribution < -0.4 is 4.74 Å². The summed E-state index contributed by atoms with van der Waals surface area (Å²) >= 11 is 0. The van der Waals surface area contributed by atoms with E-state index in [1.54, 1.807) is 0 Å². The van der Waals surface area contributed by atoms with Crippen LogP contribution in [0.1, 0.15) is 25.0 Å². The largest absolute Gasteiger partial charge is 0.426 e. The Morgan fingerprint density at radius 3 is 2.71 bits per heavy atom. The fourth-order valence-corrected chi connectivity index (χ4v) is 1.23. The van der Waals surface area contributed by atoms with Crippen LogP contribution in [0.25, 0.3) is 6.08 Å². The average Bonchev–Trinajstić information content (AvgIpc) is 2.09. The molecule has 0 saturated carbocycles. The topological polar surface area (TPSA) is 26.3 Å². The summed E-state index contributed by atoms with van der Waals surface area (Å²) in [4.78, 5) is 10.8. The van der Waals surface area contributed by atoms with Crippen molar-refractivity contribution in [3.05, 3.63) is 35.4 Å². The average molecular weight is 190 g/mol. The minimum Gasteiger partial charge on any atom is -0.426 e. The van der Waals surface area contributed by atoms with Crippen molar-refractivity contribution in [2.24, 2.45) is 0 Å². The Hall–Kier alpha value is -1.57. The van der Waals surface area contributed by atoms with Crippen LogP contribution in [-0.4, -0.2) is 5.97 Å². The second-order valence-electron chi connectivity index (χ2n) is 3.13. The molecule has 0 aromatic heterocycles. The molecule has 0 unspecified atom stereocenters. The van der Waals surface area contributed by atoms with Gasteiger partial charge in [0.05, 0.1) is 0 Å². The van der Waals surface area contributed by atoms with Gasteiger partial charge in [-0.25, -0.2) is 0 Å². The van der Waals surface area contributed by atoms with Crippen LogP contribution in [0.4, 0.5) is 0 Å². The SMILES string of the molecule is CC=Cc1cc(C)ccc1OC(C)=O. The summed E-state index contributed by atoms with van der Waals surface area (Å²) in [5, 5.41) is 0. The van der Waals surface area contributed by atoms with Crippen LogP contribution in [0.15, 0.2) is 24.3 Å². The first-order valence-electron chi connectivity index (χ1n) is 4.55. The Balaban J connectivity index is 3.07. The maximum Gasteiger partial charge on any atom is 0.308 e. The van der Waals surface area contributed by atoms with Gasteiger partial charge in [-0.15, -0.1) is 0 Å². The van der Waals surface area contributed by atoms with Crippen LogP contribution in [0, 0.1) is 6.92 Å². The van der Waals surface area contributed by atoms with Crippen molar-refractivity contribution in [2.75, 3.05) is 0 Å². The summed E-state index contributed by atoms with van der Waals surface area (Å²) < 4.78 is 5.06. The lowest BCUT2D eigenvalue weighted by Crippen LogP contribution is -2.02. The van der Waals surface area contributed by atoms with Crippen LogP contribution in [0.2, 0.25) is 0 Å². The third-order valence-electron chi connectivity index (χ3n) is 1.77. The molecular formula is C12H14O2. The van der Waals surface area contributed by atoms with E-state index >= 15 is 0 Å². The van der Waals surface area contributed by atoms with Gasteiger partial charge in [0.1, 0.15) is 5.75 Å². The fraction of sp³-hybridized carbons (Fsp3) is 0.250. The van der Waals surface area contributed by atoms with E-state index in [1.807, 2.05) is 44.2 Å². The van der Waals surface area contributed by atoms with Gasteiger partial charge in [0.2, 0.25) is 0 Å². The van der Waals surface area contributed by atoms with Crippen LogP contribution >= 0.6 is 0 Å². The molecule has 0 atom stereocenters. The fourth-order valence-electron chi connectivity index (χ4n) is 1.23. The Morgan fingerprint density at radius 2 is 2.14 bits per heavy atom. The molecule has 0 heterocycles. The van der Waals surface area contributed by atoms with Crippen molar-refractivity contribution >= 4 is 12.0 Å². The Labute approximate surface area is 84.2 Å². The third kappa shape index (κ3) is 2.73. The van der Waals surface area contributed by atoms with Gasteiger partial charge in [-0.2, -0.15) is 0 Å². The summed E-state index contributed by atoms with van der Waals surface area (Å²) in [6.45, 7) is 5.34. The highest BCUT2D eigenvalue weighted by Gasteiger charge is 2.03. The van der Waals surface area contributed by atoms with Crippen molar-refractivity contribution in [1.29, 1.82) is 0 Å². The molecular weight excluding hydrogens is 176 g/mol. The lowest BCUT2D eigenvalue weighted by Gasteiger charge is -2.06. The number of benzene rings is 1. The lowest BCUT2D eigenvalue weighted by molar-refractivity contribution is -0.131. The zero-order valence-corrected chi connectivity index (χ0v) is 8.70. The summed E-state index contributed by atoms with van der Waals surface area (Å²) in [5.41, 5.74) is 2.08. The van der Waals surface area contributed by atoms with Gasteiger partial charge >= 0.3 is 5.97 Å². The maximum absolute atomic E-state index is 10.8. The highest BCUT2D eigenvalue weighted by molar-refractivity contribution is 5.72. The molecule has 1 aromatic carbocycles. The van der Waals surface area contributed by atoms with Crippen molar-refractivity contribution in [2.45, 2.75) is 20.8 Å². The van der Waals surface area contributed by atoms with Gasteiger partial charge in [-0.1, -0.05) is 23.8 Å². The molecule has 14 heavy (non-hydrogen) atoms. The highest BCUT2D eigenvalue weighted by atomic mass is 16.5. The zero-order chi connectivity index (χ0) is 10.6. The second kappa shape index (κ2) is 4.61. The van der Waals surface area contributed by atoms with E-state index in [0.717, 1.165) is 11.1 Å². The molecule has 0 amide bonds. The van der Waals surface area contributed by atoms with Gasteiger partial charge in [-0.05, 0) is 26.0 Å². The minimum atomic E-state index is -0.292. The number of ether oxygens (including phenoxy) is 1. The molecule has 0 aliphatic heterocycles. The molecule has 2 nitrogen and oxygen atoms in total. The van der Waals surface area contributed by atoms with E-state index in [9.17, 15) is 4.79 Å². The number of carbonyl (C=O) groups excluding carboxylic acids is 1. The molecule has 0 bridgehead atoms. The standard InChI is InChI=1S/C12H14O2/c1-4-5-11-8-9(2)6-7-12(11)14-10(3)13/h4-8H,1-3H3. The first kappa shape index (κ1) is 10.5. The molecule has 1 rings (SSSR count). The predicted molar refractivity (Wildman–Crippen MR) is 57.2 cm³/mol.